The molecule has 134 valence electrons. The number of methoxy groups -OCH3 is 1. The minimum absolute atomic E-state index is 0.271. The molecule has 4 rings (SSSR count). The Morgan fingerprint density at radius 2 is 2.12 bits per heavy atom. The number of hydrogen-bond donors (Lipinski definition) is 2. The van der Waals surface area contributed by atoms with Crippen molar-refractivity contribution in [2.45, 2.75) is 18.9 Å². The Morgan fingerprint density at radius 3 is 2.88 bits per heavy atom. The molecule has 0 radical (unpaired) electrons. The van der Waals surface area contributed by atoms with Crippen LogP contribution in [0.15, 0.2) is 36.8 Å². The van der Waals surface area contributed by atoms with Crippen LogP contribution < -0.4 is 10.6 Å². The van der Waals surface area contributed by atoms with Crippen molar-refractivity contribution in [2.75, 3.05) is 25.1 Å². The summed E-state index contributed by atoms with van der Waals surface area (Å²) >= 11 is 0. The number of esters is 1. The van der Waals surface area contributed by atoms with Gasteiger partial charge in [-0.05, 0) is 31.0 Å². The van der Waals surface area contributed by atoms with Crippen LogP contribution >= 0.6 is 0 Å². The number of nitrogens with one attached hydrogen (secondary N) is 1. The van der Waals surface area contributed by atoms with Crippen molar-refractivity contribution in [3.63, 3.8) is 0 Å². The summed E-state index contributed by atoms with van der Waals surface area (Å²) in [5.41, 5.74) is 9.11. The first-order chi connectivity index (χ1) is 12.7. The van der Waals surface area contributed by atoms with Crippen LogP contribution in [0.5, 0.6) is 0 Å². The summed E-state index contributed by atoms with van der Waals surface area (Å²) in [6.07, 6.45) is 7.34. The number of fused-ring (bicyclic) bond motifs is 1. The summed E-state index contributed by atoms with van der Waals surface area (Å²) in [5.74, 6) is 0.497. The Labute approximate surface area is 151 Å². The summed E-state index contributed by atoms with van der Waals surface area (Å²) in [6.45, 7) is 1.78. The highest BCUT2D eigenvalue weighted by atomic mass is 16.5. The maximum Gasteiger partial charge on any atom is 0.337 e. The van der Waals surface area contributed by atoms with Gasteiger partial charge in [0.25, 0.3) is 0 Å². The summed E-state index contributed by atoms with van der Waals surface area (Å²) in [7, 11) is 1.38. The van der Waals surface area contributed by atoms with E-state index in [0.717, 1.165) is 53.9 Å². The molecule has 0 spiro atoms. The van der Waals surface area contributed by atoms with E-state index in [2.05, 4.69) is 14.9 Å². The Hall–Kier alpha value is -2.93. The zero-order valence-electron chi connectivity index (χ0n) is 14.6. The number of piperidine rings is 1. The quantitative estimate of drug-likeness (QED) is 0.703. The Bertz CT molecular complexity index is 944. The zero-order chi connectivity index (χ0) is 18.1. The van der Waals surface area contributed by atoms with Gasteiger partial charge in [-0.25, -0.2) is 9.78 Å². The summed E-state index contributed by atoms with van der Waals surface area (Å²) in [5, 5.41) is 0.917. The van der Waals surface area contributed by atoms with Crippen molar-refractivity contribution in [3.8, 4) is 11.3 Å². The van der Waals surface area contributed by atoms with Crippen LogP contribution in [0.2, 0.25) is 0 Å². The van der Waals surface area contributed by atoms with E-state index >= 15 is 0 Å². The van der Waals surface area contributed by atoms with E-state index in [9.17, 15) is 4.79 Å². The molecule has 1 aliphatic rings. The predicted molar refractivity (Wildman–Crippen MR) is 100 cm³/mol. The number of anilines is 1. The molecule has 7 nitrogen and oxygen atoms in total. The number of carbonyl (C=O) groups excluding carboxylic acids is 1. The monoisotopic (exact) mass is 351 g/mol. The van der Waals surface area contributed by atoms with Gasteiger partial charge >= 0.3 is 5.97 Å². The van der Waals surface area contributed by atoms with Crippen LogP contribution in [0.3, 0.4) is 0 Å². The molecular weight excluding hydrogens is 330 g/mol. The van der Waals surface area contributed by atoms with Crippen LogP contribution in [0, 0.1) is 0 Å². The first-order valence-corrected chi connectivity index (χ1v) is 8.68. The minimum Gasteiger partial charge on any atom is -0.465 e. The lowest BCUT2D eigenvalue weighted by Gasteiger charge is -2.30. The second-order valence-corrected chi connectivity index (χ2v) is 6.54. The van der Waals surface area contributed by atoms with Gasteiger partial charge in [-0.1, -0.05) is 0 Å². The third-order valence-electron chi connectivity index (χ3n) is 4.86. The van der Waals surface area contributed by atoms with E-state index in [0.29, 0.717) is 5.56 Å². The average molecular weight is 351 g/mol. The standard InChI is InChI=1S/C19H21N5O2/c1-26-19(25)12-2-3-16-14(8-12)15(9-22-16)17-10-21-11-18(23-17)24-6-4-13(20)5-7-24/h2-3,8-11,13,22H,4-7,20H2,1H3. The highest BCUT2D eigenvalue weighted by molar-refractivity contribution is 6.00. The van der Waals surface area contributed by atoms with Crippen LogP contribution in [-0.4, -0.2) is 47.2 Å². The van der Waals surface area contributed by atoms with Gasteiger partial charge in [0.05, 0.1) is 30.8 Å². The van der Waals surface area contributed by atoms with Gasteiger partial charge < -0.3 is 20.4 Å². The molecule has 0 amide bonds. The molecule has 0 aliphatic carbocycles. The second kappa shape index (κ2) is 6.76. The fraction of sp³-hybridized carbons (Fsp3) is 0.316. The van der Waals surface area contributed by atoms with Gasteiger partial charge in [0.2, 0.25) is 0 Å². The molecule has 0 atom stereocenters. The van der Waals surface area contributed by atoms with Crippen LogP contribution in [0.4, 0.5) is 5.82 Å². The maximum absolute atomic E-state index is 11.8. The van der Waals surface area contributed by atoms with Crippen LogP contribution in [0.25, 0.3) is 22.2 Å². The van der Waals surface area contributed by atoms with E-state index in [1.54, 1.807) is 18.5 Å². The Kier molecular flexibility index (Phi) is 4.30. The topological polar surface area (TPSA) is 97.1 Å². The van der Waals surface area contributed by atoms with E-state index < -0.39 is 0 Å². The summed E-state index contributed by atoms with van der Waals surface area (Å²) < 4.78 is 4.82. The third-order valence-corrected chi connectivity index (χ3v) is 4.86. The first kappa shape index (κ1) is 16.5. The van der Waals surface area contributed by atoms with Crippen molar-refractivity contribution < 1.29 is 9.53 Å². The second-order valence-electron chi connectivity index (χ2n) is 6.54. The number of H-pyrrole nitrogens is 1. The molecule has 2 aromatic heterocycles. The molecule has 0 unspecified atom stereocenters. The van der Waals surface area contributed by atoms with Gasteiger partial charge in [0.1, 0.15) is 5.82 Å². The highest BCUT2D eigenvalue weighted by Gasteiger charge is 2.19. The molecule has 3 N–H and O–H groups in total. The molecule has 26 heavy (non-hydrogen) atoms. The highest BCUT2D eigenvalue weighted by Crippen LogP contribution is 2.29. The van der Waals surface area contributed by atoms with Gasteiger partial charge in [-0.3, -0.25) is 4.98 Å². The molecule has 1 saturated heterocycles. The Morgan fingerprint density at radius 1 is 1.31 bits per heavy atom. The first-order valence-electron chi connectivity index (χ1n) is 8.68. The SMILES string of the molecule is COC(=O)c1ccc2[nH]cc(-c3cncc(N4CCC(N)CC4)n3)c2c1. The van der Waals surface area contributed by atoms with E-state index in [-0.39, 0.29) is 12.0 Å². The Balaban J connectivity index is 1.71. The molecule has 1 aromatic carbocycles. The third kappa shape index (κ3) is 3.01. The largest absolute Gasteiger partial charge is 0.465 e. The predicted octanol–water partition coefficient (Wildman–Crippen LogP) is 2.34. The fourth-order valence-electron chi connectivity index (χ4n) is 3.34. The van der Waals surface area contributed by atoms with Gasteiger partial charge in [-0.15, -0.1) is 0 Å². The van der Waals surface area contributed by atoms with Crippen molar-refractivity contribution in [1.82, 2.24) is 15.0 Å². The molecule has 0 bridgehead atoms. The number of nitrogens with two attached hydrogens (primary N) is 1. The van der Waals surface area contributed by atoms with Gasteiger partial charge in [0, 0.05) is 41.8 Å². The van der Waals surface area contributed by atoms with Crippen LogP contribution in [-0.2, 0) is 4.74 Å². The number of nitrogens with zero attached hydrogens (tertiary/aromatic N) is 3. The number of carbonyl (C=O) groups is 1. The normalized spacial score (nSPS) is 15.4. The molecule has 1 aliphatic heterocycles. The lowest BCUT2D eigenvalue weighted by Crippen LogP contribution is -2.40. The number of aromatic nitrogens is 3. The lowest BCUT2D eigenvalue weighted by atomic mass is 10.1. The van der Waals surface area contributed by atoms with Gasteiger partial charge in [0.15, 0.2) is 0 Å². The van der Waals surface area contributed by atoms with E-state index in [1.165, 1.54) is 7.11 Å². The van der Waals surface area contributed by atoms with Crippen LogP contribution in [0.1, 0.15) is 23.2 Å². The van der Waals surface area contributed by atoms with Gasteiger partial charge in [-0.2, -0.15) is 0 Å². The molecule has 0 saturated carbocycles. The number of ether oxygens (including phenoxy) is 1. The smallest absolute Gasteiger partial charge is 0.337 e. The summed E-state index contributed by atoms with van der Waals surface area (Å²) in [6, 6.07) is 5.70. The number of hydrogen-bond acceptors (Lipinski definition) is 6. The van der Waals surface area contributed by atoms with Crippen molar-refractivity contribution in [3.05, 3.63) is 42.4 Å². The molecule has 1 fully saturated rings. The van der Waals surface area contributed by atoms with Crippen molar-refractivity contribution in [2.24, 2.45) is 5.73 Å². The average Bonchev–Trinajstić information content (AvgIpc) is 3.11. The number of rotatable bonds is 3. The zero-order valence-corrected chi connectivity index (χ0v) is 14.6. The fourth-order valence-corrected chi connectivity index (χ4v) is 3.34. The van der Waals surface area contributed by atoms with E-state index in [1.807, 2.05) is 18.3 Å². The van der Waals surface area contributed by atoms with Crippen molar-refractivity contribution >= 4 is 22.7 Å². The van der Waals surface area contributed by atoms with Crippen molar-refractivity contribution in [1.29, 1.82) is 0 Å². The summed E-state index contributed by atoms with van der Waals surface area (Å²) in [4.78, 5) is 26.4. The maximum atomic E-state index is 11.8. The minimum atomic E-state index is -0.358. The molecule has 3 aromatic rings. The molecule has 3 heterocycles. The number of benzene rings is 1. The molecule has 7 heteroatoms. The number of aromatic amines is 1. The lowest BCUT2D eigenvalue weighted by molar-refractivity contribution is 0.0601. The van der Waals surface area contributed by atoms with E-state index in [4.69, 9.17) is 15.5 Å². The molecular formula is C19H21N5O2.